The van der Waals surface area contributed by atoms with E-state index in [0.29, 0.717) is 0 Å². The van der Waals surface area contributed by atoms with Crippen molar-refractivity contribution in [1.82, 2.24) is 10.9 Å². The lowest BCUT2D eigenvalue weighted by Gasteiger charge is -2.15. The van der Waals surface area contributed by atoms with Crippen LogP contribution >= 0.6 is 0 Å². The van der Waals surface area contributed by atoms with Gasteiger partial charge in [-0.25, -0.2) is 13.8 Å². The summed E-state index contributed by atoms with van der Waals surface area (Å²) in [5.74, 6) is 5.07. The zero-order valence-corrected chi connectivity index (χ0v) is 12.2. The van der Waals surface area contributed by atoms with Gasteiger partial charge in [0.1, 0.15) is 11.3 Å². The lowest BCUT2D eigenvalue weighted by Crippen LogP contribution is -2.41. The predicted molar refractivity (Wildman–Crippen MR) is 67.9 cm³/mol. The molecule has 0 aliphatic carbocycles. The number of alkyl halides is 3. The molecule has 19 heavy (non-hydrogen) atoms. The average Bonchev–Trinajstić information content (AvgIpc) is 2.18. The van der Waals surface area contributed by atoms with E-state index in [0.717, 1.165) is 6.26 Å². The summed E-state index contributed by atoms with van der Waals surface area (Å²) in [4.78, 5) is 0. The van der Waals surface area contributed by atoms with Gasteiger partial charge in [0.2, 0.25) is 0 Å². The second-order valence-corrected chi connectivity index (χ2v) is 7.37. The highest BCUT2D eigenvalue weighted by atomic mass is 32.2. The topological polar surface area (TPSA) is 58.2 Å². The highest BCUT2D eigenvalue weighted by molar-refractivity contribution is 7.92. The van der Waals surface area contributed by atoms with E-state index < -0.39 is 27.3 Å². The zero-order valence-electron chi connectivity index (χ0n) is 11.4. The Morgan fingerprint density at radius 3 is 2.16 bits per heavy atom. The number of nitrogens with one attached hydrogen (secondary N) is 2. The Morgan fingerprint density at radius 2 is 1.74 bits per heavy atom. The molecule has 0 aliphatic rings. The predicted octanol–water partition coefficient (Wildman–Crippen LogP) is 1.11. The highest BCUT2D eigenvalue weighted by Gasteiger charge is 2.28. The van der Waals surface area contributed by atoms with E-state index in [9.17, 15) is 21.6 Å². The van der Waals surface area contributed by atoms with Crippen molar-refractivity contribution >= 4 is 9.84 Å². The first-order chi connectivity index (χ1) is 8.35. The Hall–Kier alpha value is -0.780. The van der Waals surface area contributed by atoms with E-state index >= 15 is 0 Å². The van der Waals surface area contributed by atoms with Crippen molar-refractivity contribution in [3.05, 3.63) is 0 Å². The van der Waals surface area contributed by atoms with Crippen LogP contribution in [0, 0.1) is 17.8 Å². The summed E-state index contributed by atoms with van der Waals surface area (Å²) in [6.45, 7) is 3.70. The molecule has 0 spiro atoms. The molecule has 0 fully saturated rings. The SMILES string of the molecule is CC(C#CC(C)(C)S(C)(=O)=O)CNNCC(F)(F)F. The van der Waals surface area contributed by atoms with Crippen molar-refractivity contribution in [3.63, 3.8) is 0 Å². The number of rotatable bonds is 5. The standard InChI is InChI=1S/C11H19F3N2O2S/c1-9(7-15-16-8-11(12,13)14)5-6-10(2,3)19(4,17)18/h9,15-16H,7-8H2,1-4H3. The molecule has 0 saturated carbocycles. The minimum absolute atomic E-state index is 0.183. The molecule has 0 amide bonds. The maximum absolute atomic E-state index is 11.8. The summed E-state index contributed by atoms with van der Waals surface area (Å²) in [6, 6.07) is 0. The maximum atomic E-state index is 11.8. The second kappa shape index (κ2) is 6.59. The van der Waals surface area contributed by atoms with E-state index in [2.05, 4.69) is 17.3 Å². The van der Waals surface area contributed by atoms with Crippen LogP contribution in [0.4, 0.5) is 13.2 Å². The number of sulfone groups is 1. The zero-order chi connectivity index (χ0) is 15.3. The van der Waals surface area contributed by atoms with Gasteiger partial charge in [0.25, 0.3) is 0 Å². The number of halogens is 3. The summed E-state index contributed by atoms with van der Waals surface area (Å²) in [5.41, 5.74) is 4.42. The number of hydrazine groups is 1. The molecule has 0 aromatic carbocycles. The summed E-state index contributed by atoms with van der Waals surface area (Å²) in [5, 5.41) is 0. The molecule has 4 nitrogen and oxygen atoms in total. The molecule has 0 aromatic rings. The first-order valence-corrected chi connectivity index (χ1v) is 7.49. The van der Waals surface area contributed by atoms with Crippen molar-refractivity contribution < 1.29 is 21.6 Å². The molecule has 2 N–H and O–H groups in total. The Labute approximate surface area is 112 Å². The Bertz CT molecular complexity index is 447. The minimum atomic E-state index is -4.28. The molecule has 0 radical (unpaired) electrons. The van der Waals surface area contributed by atoms with Crippen molar-refractivity contribution in [2.45, 2.75) is 31.7 Å². The third-order valence-corrected chi connectivity index (χ3v) is 4.32. The van der Waals surface area contributed by atoms with Crippen LogP contribution < -0.4 is 10.9 Å². The molecule has 112 valence electrons. The first-order valence-electron chi connectivity index (χ1n) is 5.60. The Balaban J connectivity index is 4.24. The molecule has 1 atom stereocenters. The van der Waals surface area contributed by atoms with Gasteiger partial charge in [-0.15, -0.1) is 0 Å². The van der Waals surface area contributed by atoms with Crippen molar-refractivity contribution in [3.8, 4) is 11.8 Å². The van der Waals surface area contributed by atoms with Gasteiger partial charge in [-0.2, -0.15) is 13.2 Å². The van der Waals surface area contributed by atoms with Crippen LogP contribution in [0.15, 0.2) is 0 Å². The van der Waals surface area contributed by atoms with Gasteiger partial charge in [0.05, 0.1) is 0 Å². The number of hydrogen-bond donors (Lipinski definition) is 2. The fourth-order valence-corrected chi connectivity index (χ4v) is 1.07. The van der Waals surface area contributed by atoms with Crippen LogP contribution in [0.5, 0.6) is 0 Å². The molecule has 8 heteroatoms. The van der Waals surface area contributed by atoms with Crippen molar-refractivity contribution in [2.75, 3.05) is 19.3 Å². The average molecular weight is 300 g/mol. The normalized spacial score (nSPS) is 14.7. The van der Waals surface area contributed by atoms with Crippen LogP contribution in [-0.2, 0) is 9.84 Å². The fraction of sp³-hybridized carbons (Fsp3) is 0.818. The lowest BCUT2D eigenvalue weighted by molar-refractivity contribution is -0.126. The number of hydrogen-bond acceptors (Lipinski definition) is 4. The van der Waals surface area contributed by atoms with Crippen molar-refractivity contribution in [2.24, 2.45) is 5.92 Å². The van der Waals surface area contributed by atoms with Crippen molar-refractivity contribution in [1.29, 1.82) is 0 Å². The van der Waals surface area contributed by atoms with E-state index in [1.54, 1.807) is 6.92 Å². The maximum Gasteiger partial charge on any atom is 0.402 e. The van der Waals surface area contributed by atoms with E-state index in [1.165, 1.54) is 13.8 Å². The van der Waals surface area contributed by atoms with Crippen LogP contribution in [-0.4, -0.2) is 38.7 Å². The molecule has 0 aliphatic heterocycles. The molecular weight excluding hydrogens is 281 g/mol. The molecule has 0 rings (SSSR count). The summed E-state index contributed by atoms with van der Waals surface area (Å²) in [7, 11) is -3.30. The summed E-state index contributed by atoms with van der Waals surface area (Å²) >= 11 is 0. The first kappa shape index (κ1) is 18.2. The summed E-state index contributed by atoms with van der Waals surface area (Å²) in [6.07, 6.45) is -3.18. The molecule has 0 bridgehead atoms. The Kier molecular flexibility index (Phi) is 6.32. The molecule has 0 saturated heterocycles. The highest BCUT2D eigenvalue weighted by Crippen LogP contribution is 2.13. The third kappa shape index (κ3) is 8.08. The van der Waals surface area contributed by atoms with E-state index in [1.807, 2.05) is 5.43 Å². The van der Waals surface area contributed by atoms with Crippen LogP contribution in [0.1, 0.15) is 20.8 Å². The van der Waals surface area contributed by atoms with Gasteiger partial charge in [-0.05, 0) is 13.8 Å². The van der Waals surface area contributed by atoms with Gasteiger partial charge in [0.15, 0.2) is 9.84 Å². The largest absolute Gasteiger partial charge is 0.402 e. The Morgan fingerprint density at radius 1 is 1.21 bits per heavy atom. The fourth-order valence-electron chi connectivity index (χ4n) is 0.829. The molecular formula is C11H19F3N2O2S. The van der Waals surface area contributed by atoms with Crippen LogP contribution in [0.3, 0.4) is 0 Å². The van der Waals surface area contributed by atoms with E-state index in [-0.39, 0.29) is 12.5 Å². The lowest BCUT2D eigenvalue weighted by atomic mass is 10.1. The molecule has 1 unspecified atom stereocenters. The minimum Gasteiger partial charge on any atom is -0.256 e. The van der Waals surface area contributed by atoms with E-state index in [4.69, 9.17) is 0 Å². The van der Waals surface area contributed by atoms with Gasteiger partial charge in [-0.1, -0.05) is 18.8 Å². The second-order valence-electron chi connectivity index (χ2n) is 4.80. The van der Waals surface area contributed by atoms with Crippen LogP contribution in [0.2, 0.25) is 0 Å². The van der Waals surface area contributed by atoms with Gasteiger partial charge in [-0.3, -0.25) is 5.43 Å². The van der Waals surface area contributed by atoms with Crippen LogP contribution in [0.25, 0.3) is 0 Å². The quantitative estimate of drug-likeness (QED) is 0.454. The molecule has 0 heterocycles. The van der Waals surface area contributed by atoms with Gasteiger partial charge in [0, 0.05) is 18.7 Å². The monoisotopic (exact) mass is 300 g/mol. The third-order valence-electron chi connectivity index (χ3n) is 2.37. The molecule has 0 aromatic heterocycles. The smallest absolute Gasteiger partial charge is 0.256 e. The van der Waals surface area contributed by atoms with Gasteiger partial charge >= 0.3 is 6.18 Å². The van der Waals surface area contributed by atoms with Gasteiger partial charge < -0.3 is 0 Å². The summed E-state index contributed by atoms with van der Waals surface area (Å²) < 4.78 is 57.1.